The van der Waals surface area contributed by atoms with Crippen LogP contribution in [0, 0.1) is 0 Å². The van der Waals surface area contributed by atoms with Crippen molar-refractivity contribution in [2.24, 2.45) is 0 Å². The van der Waals surface area contributed by atoms with E-state index in [1.54, 1.807) is 0 Å². The summed E-state index contributed by atoms with van der Waals surface area (Å²) in [5.74, 6) is 0. The Bertz CT molecular complexity index is 695. The van der Waals surface area contributed by atoms with Crippen LogP contribution in [0.1, 0.15) is 19.8 Å². The molecule has 0 aliphatic heterocycles. The van der Waals surface area contributed by atoms with Gasteiger partial charge in [0.1, 0.15) is 0 Å². The summed E-state index contributed by atoms with van der Waals surface area (Å²) >= 11 is 0. The van der Waals surface area contributed by atoms with E-state index in [-0.39, 0.29) is 0 Å². The molecule has 0 amide bonds. The van der Waals surface area contributed by atoms with Gasteiger partial charge in [0.2, 0.25) is 0 Å². The van der Waals surface area contributed by atoms with Gasteiger partial charge < -0.3 is 10.3 Å². The monoisotopic (exact) mass is 238 g/mol. The molecule has 0 aliphatic carbocycles. The average molecular weight is 238 g/mol. The van der Waals surface area contributed by atoms with Gasteiger partial charge in [0.05, 0.1) is 5.52 Å². The van der Waals surface area contributed by atoms with E-state index in [9.17, 15) is 0 Å². The Hall–Kier alpha value is -1.96. The highest BCUT2D eigenvalue weighted by atomic mass is 15.0. The van der Waals surface area contributed by atoms with E-state index in [1.165, 1.54) is 34.6 Å². The number of aryl methyl sites for hydroxylation is 1. The van der Waals surface area contributed by atoms with Crippen molar-refractivity contribution in [1.82, 2.24) is 4.57 Å². The van der Waals surface area contributed by atoms with E-state index in [2.05, 4.69) is 47.9 Å². The minimum atomic E-state index is 0.836. The quantitative estimate of drug-likeness (QED) is 0.682. The fraction of sp³-hybridized carbons (Fsp3) is 0.250. The van der Waals surface area contributed by atoms with Gasteiger partial charge in [-0.25, -0.2) is 0 Å². The number of nitrogens with two attached hydrogens (primary N) is 1. The maximum Gasteiger partial charge on any atom is 0.0512 e. The van der Waals surface area contributed by atoms with Crippen LogP contribution in [0.25, 0.3) is 21.8 Å². The van der Waals surface area contributed by atoms with E-state index in [0.717, 1.165) is 12.2 Å². The number of hydrogen-bond donors (Lipinski definition) is 1. The van der Waals surface area contributed by atoms with Gasteiger partial charge in [0, 0.05) is 28.5 Å². The molecular weight excluding hydrogens is 220 g/mol. The van der Waals surface area contributed by atoms with E-state index < -0.39 is 0 Å². The molecule has 3 rings (SSSR count). The number of rotatable bonds is 3. The van der Waals surface area contributed by atoms with E-state index >= 15 is 0 Å². The molecule has 0 atom stereocenters. The summed E-state index contributed by atoms with van der Waals surface area (Å²) in [6, 6.07) is 14.8. The molecule has 0 unspecified atom stereocenters. The lowest BCUT2D eigenvalue weighted by molar-refractivity contribution is 0.665. The summed E-state index contributed by atoms with van der Waals surface area (Å²) in [6.07, 6.45) is 2.40. The molecule has 0 bridgehead atoms. The summed E-state index contributed by atoms with van der Waals surface area (Å²) in [5.41, 5.74) is 9.33. The van der Waals surface area contributed by atoms with Crippen molar-refractivity contribution in [3.63, 3.8) is 0 Å². The van der Waals surface area contributed by atoms with Crippen molar-refractivity contribution in [1.29, 1.82) is 0 Å². The highest BCUT2D eigenvalue weighted by Gasteiger charge is 2.09. The van der Waals surface area contributed by atoms with Gasteiger partial charge in [0.25, 0.3) is 0 Å². The lowest BCUT2D eigenvalue weighted by atomic mass is 10.1. The first-order valence-corrected chi connectivity index (χ1v) is 6.57. The van der Waals surface area contributed by atoms with Gasteiger partial charge >= 0.3 is 0 Å². The van der Waals surface area contributed by atoms with E-state index in [1.807, 2.05) is 6.07 Å². The highest BCUT2D eigenvalue weighted by Crippen LogP contribution is 2.30. The first kappa shape index (κ1) is 11.1. The fourth-order valence-electron chi connectivity index (χ4n) is 2.62. The van der Waals surface area contributed by atoms with Gasteiger partial charge in [-0.3, -0.25) is 0 Å². The average Bonchev–Trinajstić information content (AvgIpc) is 2.70. The van der Waals surface area contributed by atoms with Crippen LogP contribution in [-0.4, -0.2) is 4.57 Å². The number of aromatic nitrogens is 1. The van der Waals surface area contributed by atoms with Gasteiger partial charge in [-0.05, 0) is 24.6 Å². The maximum absolute atomic E-state index is 5.93. The molecule has 0 saturated carbocycles. The van der Waals surface area contributed by atoms with Crippen LogP contribution in [0.2, 0.25) is 0 Å². The zero-order valence-electron chi connectivity index (χ0n) is 10.7. The van der Waals surface area contributed by atoms with Crippen molar-refractivity contribution in [3.05, 3.63) is 42.5 Å². The van der Waals surface area contributed by atoms with Gasteiger partial charge in [0.15, 0.2) is 0 Å². The van der Waals surface area contributed by atoms with Crippen molar-refractivity contribution < 1.29 is 0 Å². The number of anilines is 1. The van der Waals surface area contributed by atoms with Crippen LogP contribution in [0.5, 0.6) is 0 Å². The molecule has 3 aromatic rings. The number of hydrogen-bond acceptors (Lipinski definition) is 1. The smallest absolute Gasteiger partial charge is 0.0512 e. The third-order valence-corrected chi connectivity index (χ3v) is 3.53. The zero-order chi connectivity index (χ0) is 12.5. The molecule has 1 heterocycles. The Morgan fingerprint density at radius 3 is 2.61 bits per heavy atom. The highest BCUT2D eigenvalue weighted by molar-refractivity contribution is 6.08. The molecule has 1 aromatic heterocycles. The molecule has 92 valence electrons. The van der Waals surface area contributed by atoms with Crippen LogP contribution in [0.15, 0.2) is 42.5 Å². The molecule has 2 aromatic carbocycles. The Morgan fingerprint density at radius 2 is 1.78 bits per heavy atom. The number of benzene rings is 2. The van der Waals surface area contributed by atoms with Gasteiger partial charge in [-0.15, -0.1) is 0 Å². The standard InChI is InChI=1S/C16H18N2/c1-2-3-10-18-15-7-5-4-6-13(15)14-9-8-12(17)11-16(14)18/h4-9,11H,2-3,10,17H2,1H3. The predicted octanol–water partition coefficient (Wildman–Crippen LogP) is 4.18. The summed E-state index contributed by atoms with van der Waals surface area (Å²) in [4.78, 5) is 0. The molecular formula is C16H18N2. The summed E-state index contributed by atoms with van der Waals surface area (Å²) in [6.45, 7) is 3.28. The Balaban J connectivity index is 2.35. The maximum atomic E-state index is 5.93. The van der Waals surface area contributed by atoms with E-state index in [0.29, 0.717) is 0 Å². The predicted molar refractivity (Wildman–Crippen MR) is 78.8 cm³/mol. The minimum absolute atomic E-state index is 0.836. The van der Waals surface area contributed by atoms with Crippen LogP contribution in [0.4, 0.5) is 5.69 Å². The lowest BCUT2D eigenvalue weighted by Gasteiger charge is -2.06. The van der Waals surface area contributed by atoms with E-state index in [4.69, 9.17) is 5.73 Å². The molecule has 2 N–H and O–H groups in total. The molecule has 0 saturated heterocycles. The third-order valence-electron chi connectivity index (χ3n) is 3.53. The molecule has 0 fully saturated rings. The van der Waals surface area contributed by atoms with Gasteiger partial charge in [-0.2, -0.15) is 0 Å². The molecule has 0 spiro atoms. The molecule has 0 radical (unpaired) electrons. The molecule has 18 heavy (non-hydrogen) atoms. The van der Waals surface area contributed by atoms with Gasteiger partial charge in [-0.1, -0.05) is 37.6 Å². The number of nitrogen functional groups attached to an aromatic ring is 1. The normalized spacial score (nSPS) is 11.4. The zero-order valence-corrected chi connectivity index (χ0v) is 10.7. The van der Waals surface area contributed by atoms with Crippen molar-refractivity contribution in [2.45, 2.75) is 26.3 Å². The first-order valence-electron chi connectivity index (χ1n) is 6.57. The second-order valence-corrected chi connectivity index (χ2v) is 4.80. The lowest BCUT2D eigenvalue weighted by Crippen LogP contribution is -1.97. The Morgan fingerprint density at radius 1 is 1.00 bits per heavy atom. The SMILES string of the molecule is CCCCn1c2ccccc2c2ccc(N)cc21. The van der Waals surface area contributed by atoms with Crippen molar-refractivity contribution >= 4 is 27.5 Å². The molecule has 0 aliphatic rings. The summed E-state index contributed by atoms with van der Waals surface area (Å²) < 4.78 is 2.39. The molecule has 2 heteroatoms. The summed E-state index contributed by atoms with van der Waals surface area (Å²) in [5, 5.41) is 2.62. The largest absolute Gasteiger partial charge is 0.399 e. The van der Waals surface area contributed by atoms with Crippen LogP contribution in [0.3, 0.4) is 0 Å². The van der Waals surface area contributed by atoms with Crippen LogP contribution >= 0.6 is 0 Å². The van der Waals surface area contributed by atoms with Crippen molar-refractivity contribution in [3.8, 4) is 0 Å². The van der Waals surface area contributed by atoms with Crippen LogP contribution < -0.4 is 5.73 Å². The Kier molecular flexibility index (Phi) is 2.71. The minimum Gasteiger partial charge on any atom is -0.399 e. The molecule has 2 nitrogen and oxygen atoms in total. The number of fused-ring (bicyclic) bond motifs is 3. The van der Waals surface area contributed by atoms with Crippen LogP contribution in [-0.2, 0) is 6.54 Å². The third kappa shape index (κ3) is 1.65. The number of nitrogens with zero attached hydrogens (tertiary/aromatic N) is 1. The summed E-state index contributed by atoms with van der Waals surface area (Å²) in [7, 11) is 0. The van der Waals surface area contributed by atoms with Crippen molar-refractivity contribution in [2.75, 3.05) is 5.73 Å². The second-order valence-electron chi connectivity index (χ2n) is 4.80. The second kappa shape index (κ2) is 4.37. The fourth-order valence-corrected chi connectivity index (χ4v) is 2.62. The topological polar surface area (TPSA) is 30.9 Å². The Labute approximate surface area is 107 Å². The number of para-hydroxylation sites is 1. The first-order chi connectivity index (χ1) is 8.81. The number of unbranched alkanes of at least 4 members (excludes halogenated alkanes) is 1.